The molecule has 1 atom stereocenters. The fourth-order valence-corrected chi connectivity index (χ4v) is 3.75. The van der Waals surface area contributed by atoms with Crippen LogP contribution in [-0.2, 0) is 0 Å². The van der Waals surface area contributed by atoms with Crippen molar-refractivity contribution in [2.75, 3.05) is 5.32 Å². The van der Waals surface area contributed by atoms with E-state index in [9.17, 15) is 4.79 Å². The molecule has 3 nitrogen and oxygen atoms in total. The zero-order valence-corrected chi connectivity index (χ0v) is 13.1. The maximum atomic E-state index is 12.2. The van der Waals surface area contributed by atoms with Gasteiger partial charge in [-0.15, -0.1) is 0 Å². The first-order chi connectivity index (χ1) is 10.4. The molecule has 1 unspecified atom stereocenters. The fraction of sp³-hybridized carbons (Fsp3) is 0.316. The number of fused-ring (bicyclic) bond motifs is 4. The van der Waals surface area contributed by atoms with E-state index in [1.54, 1.807) is 0 Å². The van der Waals surface area contributed by atoms with Crippen molar-refractivity contribution >= 4 is 27.4 Å². The molecule has 1 aliphatic heterocycles. The lowest BCUT2D eigenvalue weighted by atomic mass is 9.81. The summed E-state index contributed by atoms with van der Waals surface area (Å²) in [6.07, 6.45) is 1.08. The van der Waals surface area contributed by atoms with Gasteiger partial charge in [-0.05, 0) is 49.3 Å². The van der Waals surface area contributed by atoms with Crippen molar-refractivity contribution in [1.29, 1.82) is 0 Å². The van der Waals surface area contributed by atoms with Crippen LogP contribution in [-0.4, -0.2) is 5.54 Å². The first kappa shape index (κ1) is 13.4. The molecule has 1 aromatic heterocycles. The highest BCUT2D eigenvalue weighted by molar-refractivity contribution is 6.05. The van der Waals surface area contributed by atoms with E-state index in [-0.39, 0.29) is 11.2 Å². The molecule has 4 rings (SSSR count). The van der Waals surface area contributed by atoms with Crippen molar-refractivity contribution in [3.8, 4) is 0 Å². The van der Waals surface area contributed by atoms with Crippen LogP contribution in [0.3, 0.4) is 0 Å². The molecule has 2 aromatic carbocycles. The van der Waals surface area contributed by atoms with Gasteiger partial charge in [0.2, 0.25) is 0 Å². The summed E-state index contributed by atoms with van der Waals surface area (Å²) in [5.41, 5.74) is 2.81. The molecule has 1 N–H and O–H groups in total. The summed E-state index contributed by atoms with van der Waals surface area (Å²) in [7, 11) is 0. The van der Waals surface area contributed by atoms with E-state index in [2.05, 4.69) is 32.2 Å². The van der Waals surface area contributed by atoms with Crippen molar-refractivity contribution in [1.82, 2.24) is 0 Å². The van der Waals surface area contributed by atoms with Crippen LogP contribution >= 0.6 is 0 Å². The summed E-state index contributed by atoms with van der Waals surface area (Å²) in [5, 5.41) is 6.19. The minimum absolute atomic E-state index is 0.0528. The van der Waals surface area contributed by atoms with E-state index in [1.165, 1.54) is 5.56 Å². The monoisotopic (exact) mass is 293 g/mol. The van der Waals surface area contributed by atoms with Gasteiger partial charge in [0, 0.05) is 22.7 Å². The molecule has 0 fully saturated rings. The fourth-order valence-electron chi connectivity index (χ4n) is 3.75. The van der Waals surface area contributed by atoms with Crippen molar-refractivity contribution < 1.29 is 4.42 Å². The van der Waals surface area contributed by atoms with Gasteiger partial charge in [-0.25, -0.2) is 4.79 Å². The second-order valence-corrected chi connectivity index (χ2v) is 6.98. The molecule has 0 bridgehead atoms. The smallest absolute Gasteiger partial charge is 0.344 e. The van der Waals surface area contributed by atoms with Crippen molar-refractivity contribution in [2.24, 2.45) is 0 Å². The average molecular weight is 293 g/mol. The van der Waals surface area contributed by atoms with Crippen molar-refractivity contribution in [3.63, 3.8) is 0 Å². The Balaban J connectivity index is 2.09. The molecule has 22 heavy (non-hydrogen) atoms. The van der Waals surface area contributed by atoms with Gasteiger partial charge in [0.05, 0.1) is 5.39 Å². The predicted molar refractivity (Wildman–Crippen MR) is 90.7 cm³/mol. The SMILES string of the molecule is CC1CC(C)(C)Nc2cc3oc(=O)c4ccccc4c3cc21. The maximum Gasteiger partial charge on any atom is 0.344 e. The predicted octanol–water partition coefficient (Wildman–Crippen LogP) is 4.64. The highest BCUT2D eigenvalue weighted by atomic mass is 16.4. The second kappa shape index (κ2) is 4.35. The Bertz CT molecular complexity index is 953. The van der Waals surface area contributed by atoms with E-state index in [4.69, 9.17) is 4.42 Å². The number of rotatable bonds is 0. The summed E-state index contributed by atoms with van der Waals surface area (Å²) in [6.45, 7) is 6.66. The van der Waals surface area contributed by atoms with Gasteiger partial charge in [-0.2, -0.15) is 0 Å². The number of hydrogen-bond donors (Lipinski definition) is 1. The molecule has 2 heterocycles. The van der Waals surface area contributed by atoms with Crippen LogP contribution in [0.5, 0.6) is 0 Å². The average Bonchev–Trinajstić information content (AvgIpc) is 2.45. The van der Waals surface area contributed by atoms with E-state index >= 15 is 0 Å². The van der Waals surface area contributed by atoms with E-state index in [0.29, 0.717) is 16.9 Å². The number of anilines is 1. The molecule has 1 aliphatic rings. The van der Waals surface area contributed by atoms with Gasteiger partial charge in [-0.1, -0.05) is 25.1 Å². The van der Waals surface area contributed by atoms with Crippen LogP contribution in [0, 0.1) is 0 Å². The highest BCUT2D eigenvalue weighted by Crippen LogP contribution is 2.41. The molecule has 0 spiro atoms. The minimum Gasteiger partial charge on any atom is -0.422 e. The second-order valence-electron chi connectivity index (χ2n) is 6.98. The topological polar surface area (TPSA) is 42.2 Å². The van der Waals surface area contributed by atoms with Crippen molar-refractivity contribution in [3.05, 3.63) is 52.4 Å². The first-order valence-corrected chi connectivity index (χ1v) is 7.72. The van der Waals surface area contributed by atoms with Gasteiger partial charge in [-0.3, -0.25) is 0 Å². The Morgan fingerprint density at radius 2 is 1.86 bits per heavy atom. The molecule has 3 aromatic rings. The van der Waals surface area contributed by atoms with Crippen LogP contribution in [0.2, 0.25) is 0 Å². The molecule has 112 valence electrons. The molecule has 0 radical (unpaired) electrons. The van der Waals surface area contributed by atoms with Crippen LogP contribution in [0.15, 0.2) is 45.6 Å². The molecule has 3 heteroatoms. The molecular formula is C19H19NO2. The highest BCUT2D eigenvalue weighted by Gasteiger charge is 2.29. The quantitative estimate of drug-likeness (QED) is 0.485. The summed E-state index contributed by atoms with van der Waals surface area (Å²) >= 11 is 0. The Labute approximate surface area is 128 Å². The van der Waals surface area contributed by atoms with Crippen LogP contribution < -0.4 is 10.9 Å². The maximum absolute atomic E-state index is 12.2. The molecule has 0 aliphatic carbocycles. The van der Waals surface area contributed by atoms with E-state index in [1.807, 2.05) is 30.3 Å². The molecular weight excluding hydrogens is 274 g/mol. The third-order valence-corrected chi connectivity index (χ3v) is 4.61. The first-order valence-electron chi connectivity index (χ1n) is 7.72. The standard InChI is InChI=1S/C19H19NO2/c1-11-10-19(2,3)20-16-9-17-15(8-14(11)16)12-6-4-5-7-13(12)18(21)22-17/h4-9,11,20H,10H2,1-3H3. The summed E-state index contributed by atoms with van der Waals surface area (Å²) < 4.78 is 5.55. The van der Waals surface area contributed by atoms with Gasteiger partial charge in [0.15, 0.2) is 0 Å². The van der Waals surface area contributed by atoms with Crippen LogP contribution in [0.25, 0.3) is 21.7 Å². The Morgan fingerprint density at radius 1 is 1.14 bits per heavy atom. The van der Waals surface area contributed by atoms with E-state index in [0.717, 1.165) is 22.9 Å². The largest absolute Gasteiger partial charge is 0.422 e. The number of hydrogen-bond acceptors (Lipinski definition) is 3. The minimum atomic E-state index is -0.272. The van der Waals surface area contributed by atoms with Crippen LogP contribution in [0.1, 0.15) is 38.7 Å². The Morgan fingerprint density at radius 3 is 2.64 bits per heavy atom. The van der Waals surface area contributed by atoms with Crippen LogP contribution in [0.4, 0.5) is 5.69 Å². The molecule has 0 amide bonds. The number of nitrogens with one attached hydrogen (secondary N) is 1. The molecule has 0 saturated carbocycles. The third kappa shape index (κ3) is 1.92. The van der Waals surface area contributed by atoms with E-state index < -0.39 is 0 Å². The zero-order valence-electron chi connectivity index (χ0n) is 13.1. The van der Waals surface area contributed by atoms with Gasteiger partial charge >= 0.3 is 5.63 Å². The lowest BCUT2D eigenvalue weighted by Crippen LogP contribution is -2.36. The molecule has 0 saturated heterocycles. The summed E-state index contributed by atoms with van der Waals surface area (Å²) in [4.78, 5) is 12.2. The number of benzene rings is 2. The van der Waals surface area contributed by atoms with Gasteiger partial charge < -0.3 is 9.73 Å². The van der Waals surface area contributed by atoms with Gasteiger partial charge in [0.25, 0.3) is 0 Å². The summed E-state index contributed by atoms with van der Waals surface area (Å²) in [6, 6.07) is 11.8. The lowest BCUT2D eigenvalue weighted by Gasteiger charge is -2.37. The Hall–Kier alpha value is -2.29. The third-order valence-electron chi connectivity index (χ3n) is 4.61. The van der Waals surface area contributed by atoms with Crippen molar-refractivity contribution in [2.45, 2.75) is 38.6 Å². The normalized spacial score (nSPS) is 19.9. The van der Waals surface area contributed by atoms with Gasteiger partial charge in [0.1, 0.15) is 5.58 Å². The summed E-state index contributed by atoms with van der Waals surface area (Å²) in [5.74, 6) is 0.473. The Kier molecular flexibility index (Phi) is 2.65. The lowest BCUT2D eigenvalue weighted by molar-refractivity contribution is 0.454. The zero-order chi connectivity index (χ0) is 15.5.